The van der Waals surface area contributed by atoms with E-state index in [0.717, 1.165) is 27.8 Å². The minimum Gasteiger partial charge on any atom is -0.380 e. The van der Waals surface area contributed by atoms with Gasteiger partial charge in [-0.15, -0.1) is 0 Å². The minimum absolute atomic E-state index is 0.154. The average molecular weight is 323 g/mol. The lowest BCUT2D eigenvalue weighted by atomic mass is 10.1. The number of nitrogens with zero attached hydrogens (tertiary/aromatic N) is 2. The van der Waals surface area contributed by atoms with Crippen LogP contribution in [0.4, 0.5) is 10.1 Å². The molecule has 0 saturated heterocycles. The van der Waals surface area contributed by atoms with E-state index in [9.17, 15) is 4.39 Å². The Morgan fingerprint density at radius 3 is 2.62 bits per heavy atom. The molecule has 2 aromatic carbocycles. The molecular formula is C20H22FN3. The maximum absolute atomic E-state index is 14.2. The number of fused-ring (bicyclic) bond motifs is 1. The Kier molecular flexibility index (Phi) is 4.76. The molecule has 1 heterocycles. The third kappa shape index (κ3) is 3.71. The molecule has 4 heteroatoms. The number of benzene rings is 2. The van der Waals surface area contributed by atoms with Gasteiger partial charge in [0.15, 0.2) is 0 Å². The second-order valence-corrected chi connectivity index (χ2v) is 6.35. The van der Waals surface area contributed by atoms with E-state index in [-0.39, 0.29) is 5.82 Å². The number of aromatic nitrogens is 1. The van der Waals surface area contributed by atoms with E-state index in [1.807, 2.05) is 68.4 Å². The lowest BCUT2D eigenvalue weighted by Gasteiger charge is -2.13. The first kappa shape index (κ1) is 16.4. The van der Waals surface area contributed by atoms with Gasteiger partial charge in [-0.05, 0) is 44.8 Å². The smallest absolute Gasteiger partial charge is 0.128 e. The Bertz CT molecular complexity index is 859. The number of aryl methyl sites for hydroxylation is 1. The molecule has 0 saturated carbocycles. The van der Waals surface area contributed by atoms with Crippen molar-refractivity contribution in [1.82, 2.24) is 9.88 Å². The van der Waals surface area contributed by atoms with Crippen LogP contribution in [0.1, 0.15) is 16.8 Å². The van der Waals surface area contributed by atoms with E-state index in [0.29, 0.717) is 18.7 Å². The van der Waals surface area contributed by atoms with Crippen molar-refractivity contribution >= 4 is 16.6 Å². The highest BCUT2D eigenvalue weighted by molar-refractivity contribution is 5.91. The molecule has 3 rings (SSSR count). The SMILES string of the molecule is Cc1cc(NCc2ccc(CN(C)C)c(F)c2)c2ccccc2n1. The third-order valence-electron chi connectivity index (χ3n) is 3.93. The first-order valence-corrected chi connectivity index (χ1v) is 8.05. The second-order valence-electron chi connectivity index (χ2n) is 6.35. The van der Waals surface area contributed by atoms with E-state index < -0.39 is 0 Å². The molecule has 124 valence electrons. The summed E-state index contributed by atoms with van der Waals surface area (Å²) in [7, 11) is 3.87. The van der Waals surface area contributed by atoms with Crippen molar-refractivity contribution in [1.29, 1.82) is 0 Å². The molecule has 24 heavy (non-hydrogen) atoms. The fourth-order valence-corrected chi connectivity index (χ4v) is 2.82. The van der Waals surface area contributed by atoms with Crippen LogP contribution in [0, 0.1) is 12.7 Å². The molecule has 0 aliphatic rings. The van der Waals surface area contributed by atoms with Gasteiger partial charge in [0.05, 0.1) is 5.52 Å². The maximum atomic E-state index is 14.2. The quantitative estimate of drug-likeness (QED) is 0.756. The lowest BCUT2D eigenvalue weighted by Crippen LogP contribution is -2.12. The summed E-state index contributed by atoms with van der Waals surface area (Å²) in [6.07, 6.45) is 0. The summed E-state index contributed by atoms with van der Waals surface area (Å²) in [5, 5.41) is 4.49. The Morgan fingerprint density at radius 1 is 1.08 bits per heavy atom. The second kappa shape index (κ2) is 6.97. The number of rotatable bonds is 5. The van der Waals surface area contributed by atoms with Crippen molar-refractivity contribution in [3.8, 4) is 0 Å². The maximum Gasteiger partial charge on any atom is 0.128 e. The zero-order valence-electron chi connectivity index (χ0n) is 14.3. The van der Waals surface area contributed by atoms with E-state index in [1.54, 1.807) is 6.07 Å². The van der Waals surface area contributed by atoms with Crippen LogP contribution in [0.2, 0.25) is 0 Å². The fraction of sp³-hybridized carbons (Fsp3) is 0.250. The van der Waals surface area contributed by atoms with Crippen LogP contribution in [0.25, 0.3) is 10.9 Å². The van der Waals surface area contributed by atoms with Crippen molar-refractivity contribution in [3.05, 3.63) is 71.2 Å². The molecule has 0 atom stereocenters. The van der Waals surface area contributed by atoms with Gasteiger partial charge < -0.3 is 10.2 Å². The summed E-state index contributed by atoms with van der Waals surface area (Å²) in [5.74, 6) is -0.154. The Hall–Kier alpha value is -2.46. The first-order valence-electron chi connectivity index (χ1n) is 8.05. The average Bonchev–Trinajstić information content (AvgIpc) is 2.54. The third-order valence-corrected chi connectivity index (χ3v) is 3.93. The van der Waals surface area contributed by atoms with Gasteiger partial charge in [0.1, 0.15) is 5.82 Å². The molecule has 1 N–H and O–H groups in total. The number of halogens is 1. The number of hydrogen-bond donors (Lipinski definition) is 1. The molecule has 0 fully saturated rings. The first-order chi connectivity index (χ1) is 11.5. The molecule has 0 spiro atoms. The van der Waals surface area contributed by atoms with Gasteiger partial charge in [-0.25, -0.2) is 4.39 Å². The van der Waals surface area contributed by atoms with Crippen LogP contribution in [-0.2, 0) is 13.1 Å². The van der Waals surface area contributed by atoms with Crippen LogP contribution in [0.15, 0.2) is 48.5 Å². The number of pyridine rings is 1. The Labute approximate surface area is 142 Å². The predicted molar refractivity (Wildman–Crippen MR) is 97.6 cm³/mol. The highest BCUT2D eigenvalue weighted by Gasteiger charge is 2.07. The molecule has 0 unspecified atom stereocenters. The van der Waals surface area contributed by atoms with Crippen LogP contribution in [0.3, 0.4) is 0 Å². The molecular weight excluding hydrogens is 301 g/mol. The molecule has 0 aliphatic carbocycles. The number of nitrogens with one attached hydrogen (secondary N) is 1. The Morgan fingerprint density at radius 2 is 1.88 bits per heavy atom. The summed E-state index contributed by atoms with van der Waals surface area (Å²) < 4.78 is 14.2. The summed E-state index contributed by atoms with van der Waals surface area (Å²) in [5.41, 5.74) is 4.59. The highest BCUT2D eigenvalue weighted by atomic mass is 19.1. The molecule has 1 aromatic heterocycles. The van der Waals surface area contributed by atoms with Crippen LogP contribution in [0.5, 0.6) is 0 Å². The van der Waals surface area contributed by atoms with Crippen LogP contribution in [-0.4, -0.2) is 24.0 Å². The number of anilines is 1. The molecule has 0 amide bonds. The van der Waals surface area contributed by atoms with Gasteiger partial charge in [-0.2, -0.15) is 0 Å². The van der Waals surface area contributed by atoms with Gasteiger partial charge in [0.25, 0.3) is 0 Å². The van der Waals surface area contributed by atoms with Crippen LogP contribution >= 0.6 is 0 Å². The molecule has 0 bridgehead atoms. The van der Waals surface area contributed by atoms with Crippen molar-refractivity contribution in [2.75, 3.05) is 19.4 Å². The molecule has 0 radical (unpaired) electrons. The zero-order valence-corrected chi connectivity index (χ0v) is 14.3. The van der Waals surface area contributed by atoms with Crippen molar-refractivity contribution in [3.63, 3.8) is 0 Å². The van der Waals surface area contributed by atoms with Gasteiger partial charge in [0, 0.05) is 35.4 Å². The largest absolute Gasteiger partial charge is 0.380 e. The molecule has 3 nitrogen and oxygen atoms in total. The number of para-hydroxylation sites is 1. The van der Waals surface area contributed by atoms with Gasteiger partial charge in [-0.1, -0.05) is 30.3 Å². The van der Waals surface area contributed by atoms with Gasteiger partial charge in [-0.3, -0.25) is 4.98 Å². The summed E-state index contributed by atoms with van der Waals surface area (Å²) >= 11 is 0. The Balaban J connectivity index is 1.80. The van der Waals surface area contributed by atoms with E-state index in [1.165, 1.54) is 0 Å². The number of hydrogen-bond acceptors (Lipinski definition) is 3. The standard InChI is InChI=1S/C20H22FN3/c1-14-10-20(17-6-4-5-7-19(17)23-14)22-12-15-8-9-16(13-24(2)3)18(21)11-15/h4-11H,12-13H2,1-3H3,(H,22,23). The predicted octanol–water partition coefficient (Wildman–Crippen LogP) is 4.36. The molecule has 3 aromatic rings. The van der Waals surface area contributed by atoms with Gasteiger partial charge >= 0.3 is 0 Å². The monoisotopic (exact) mass is 323 g/mol. The summed E-state index contributed by atoms with van der Waals surface area (Å²) in [6.45, 7) is 3.16. The van der Waals surface area contributed by atoms with E-state index >= 15 is 0 Å². The lowest BCUT2D eigenvalue weighted by molar-refractivity contribution is 0.392. The van der Waals surface area contributed by atoms with Crippen molar-refractivity contribution in [2.45, 2.75) is 20.0 Å². The zero-order chi connectivity index (χ0) is 17.1. The molecule has 0 aliphatic heterocycles. The summed E-state index contributed by atoms with van der Waals surface area (Å²) in [4.78, 5) is 6.50. The highest BCUT2D eigenvalue weighted by Crippen LogP contribution is 2.23. The van der Waals surface area contributed by atoms with Gasteiger partial charge in [0.2, 0.25) is 0 Å². The van der Waals surface area contributed by atoms with E-state index in [2.05, 4.69) is 10.3 Å². The normalized spacial score (nSPS) is 11.2. The topological polar surface area (TPSA) is 28.2 Å². The summed E-state index contributed by atoms with van der Waals surface area (Å²) in [6, 6.07) is 15.5. The fourth-order valence-electron chi connectivity index (χ4n) is 2.82. The minimum atomic E-state index is -0.154. The van der Waals surface area contributed by atoms with Crippen molar-refractivity contribution in [2.24, 2.45) is 0 Å². The van der Waals surface area contributed by atoms with E-state index in [4.69, 9.17) is 0 Å². The van der Waals surface area contributed by atoms with Crippen molar-refractivity contribution < 1.29 is 4.39 Å². The van der Waals surface area contributed by atoms with Crippen LogP contribution < -0.4 is 5.32 Å².